The second-order valence-electron chi connectivity index (χ2n) is 5.73. The summed E-state index contributed by atoms with van der Waals surface area (Å²) in [6.07, 6.45) is 5.74. The summed E-state index contributed by atoms with van der Waals surface area (Å²) < 4.78 is 12.7. The molecule has 1 N–H and O–H groups in total. The van der Waals surface area contributed by atoms with Gasteiger partial charge in [-0.05, 0) is 34.1 Å². The maximum absolute atomic E-state index is 12.3. The second-order valence-corrected chi connectivity index (χ2v) is 7.29. The largest absolute Gasteiger partial charge is 0.363 e. The normalized spacial score (nSPS) is 15.0. The third-order valence-electron chi connectivity index (χ3n) is 2.78. The smallest absolute Gasteiger partial charge is 0.293 e. The summed E-state index contributed by atoms with van der Waals surface area (Å²) in [5.41, 5.74) is -0.399. The van der Waals surface area contributed by atoms with Crippen LogP contribution in [0.1, 0.15) is 34.1 Å². The van der Waals surface area contributed by atoms with Crippen molar-refractivity contribution in [2.24, 2.45) is 0 Å². The van der Waals surface area contributed by atoms with Crippen LogP contribution in [0, 0.1) is 0 Å². The van der Waals surface area contributed by atoms with E-state index in [4.69, 9.17) is 0 Å². The lowest BCUT2D eigenvalue weighted by molar-refractivity contribution is 0.383. The van der Waals surface area contributed by atoms with Crippen molar-refractivity contribution in [3.8, 4) is 0 Å². The quantitative estimate of drug-likeness (QED) is 0.892. The fraction of sp³-hybridized carbons (Fsp3) is 0.692. The maximum atomic E-state index is 12.3. The van der Waals surface area contributed by atoms with Crippen LogP contribution in [0.25, 0.3) is 0 Å². The van der Waals surface area contributed by atoms with Gasteiger partial charge in [-0.2, -0.15) is 0 Å². The molecule has 0 aliphatic heterocycles. The molecule has 1 heterocycles. The van der Waals surface area contributed by atoms with Crippen LogP contribution in [0.4, 0.5) is 5.82 Å². The molecule has 5 nitrogen and oxygen atoms in total. The standard InChI is InChI=1S/C13H23N3O2S/c1-10(6-9-19(5)18)15-11-12(17)16(8-7-14-11)13(2,3)4/h7-8,10H,6,9H2,1-5H3,(H,14,15). The maximum Gasteiger partial charge on any atom is 0.293 e. The van der Waals surface area contributed by atoms with E-state index in [2.05, 4.69) is 10.3 Å². The number of hydrogen-bond donors (Lipinski definition) is 1. The molecule has 0 spiro atoms. The summed E-state index contributed by atoms with van der Waals surface area (Å²) in [7, 11) is -0.812. The van der Waals surface area contributed by atoms with Crippen LogP contribution in [0.15, 0.2) is 17.2 Å². The van der Waals surface area contributed by atoms with Crippen molar-refractivity contribution in [2.75, 3.05) is 17.3 Å². The van der Waals surface area contributed by atoms with E-state index in [0.29, 0.717) is 11.6 Å². The molecule has 0 aliphatic carbocycles. The molecule has 19 heavy (non-hydrogen) atoms. The van der Waals surface area contributed by atoms with E-state index < -0.39 is 10.8 Å². The summed E-state index contributed by atoms with van der Waals surface area (Å²) in [6, 6.07) is 0.0694. The second kappa shape index (κ2) is 6.32. The molecule has 2 atom stereocenters. The minimum absolute atomic E-state index is 0.0694. The zero-order valence-corrected chi connectivity index (χ0v) is 13.1. The van der Waals surface area contributed by atoms with Crippen molar-refractivity contribution in [2.45, 2.75) is 45.7 Å². The van der Waals surface area contributed by atoms with Crippen molar-refractivity contribution >= 4 is 16.6 Å². The van der Waals surface area contributed by atoms with Crippen molar-refractivity contribution in [1.82, 2.24) is 9.55 Å². The third-order valence-corrected chi connectivity index (χ3v) is 3.60. The van der Waals surface area contributed by atoms with E-state index in [0.717, 1.165) is 6.42 Å². The molecule has 6 heteroatoms. The highest BCUT2D eigenvalue weighted by atomic mass is 32.2. The number of nitrogens with one attached hydrogen (secondary N) is 1. The molecular formula is C13H23N3O2S. The molecular weight excluding hydrogens is 262 g/mol. The van der Waals surface area contributed by atoms with Crippen LogP contribution in [0.3, 0.4) is 0 Å². The van der Waals surface area contributed by atoms with E-state index in [9.17, 15) is 9.00 Å². The summed E-state index contributed by atoms with van der Waals surface area (Å²) in [5, 5.41) is 3.10. The fourth-order valence-corrected chi connectivity index (χ4v) is 2.37. The van der Waals surface area contributed by atoms with Crippen LogP contribution >= 0.6 is 0 Å². The fourth-order valence-electron chi connectivity index (χ4n) is 1.69. The molecule has 0 saturated heterocycles. The van der Waals surface area contributed by atoms with Crippen molar-refractivity contribution in [1.29, 1.82) is 0 Å². The van der Waals surface area contributed by atoms with Gasteiger partial charge < -0.3 is 9.88 Å². The number of rotatable bonds is 5. The Morgan fingerprint density at radius 1 is 1.47 bits per heavy atom. The highest BCUT2D eigenvalue weighted by Gasteiger charge is 2.17. The van der Waals surface area contributed by atoms with Crippen LogP contribution in [-0.4, -0.2) is 31.8 Å². The average molecular weight is 285 g/mol. The first-order chi connectivity index (χ1) is 8.71. The van der Waals surface area contributed by atoms with Crippen LogP contribution in [0.2, 0.25) is 0 Å². The number of anilines is 1. The average Bonchev–Trinajstić information content (AvgIpc) is 2.27. The predicted molar refractivity (Wildman–Crippen MR) is 80.1 cm³/mol. The van der Waals surface area contributed by atoms with E-state index >= 15 is 0 Å². The van der Waals surface area contributed by atoms with Crippen LogP contribution in [0.5, 0.6) is 0 Å². The zero-order valence-electron chi connectivity index (χ0n) is 12.3. The van der Waals surface area contributed by atoms with Gasteiger partial charge >= 0.3 is 0 Å². The SMILES string of the molecule is CC(CCS(C)=O)Nc1nccn(C(C)(C)C)c1=O. The lowest BCUT2D eigenvalue weighted by atomic mass is 10.1. The molecule has 1 aromatic rings. The first kappa shape index (κ1) is 15.9. The molecule has 0 fully saturated rings. The van der Waals surface area contributed by atoms with Gasteiger partial charge in [0.1, 0.15) is 0 Å². The Morgan fingerprint density at radius 3 is 2.63 bits per heavy atom. The molecule has 108 valence electrons. The number of nitrogens with zero attached hydrogens (tertiary/aromatic N) is 2. The van der Waals surface area contributed by atoms with Gasteiger partial charge in [-0.15, -0.1) is 0 Å². The molecule has 0 radical (unpaired) electrons. The zero-order chi connectivity index (χ0) is 14.6. The van der Waals surface area contributed by atoms with Gasteiger partial charge in [0.05, 0.1) is 0 Å². The monoisotopic (exact) mass is 285 g/mol. The molecule has 0 amide bonds. The van der Waals surface area contributed by atoms with E-state index in [-0.39, 0.29) is 17.1 Å². The Balaban J connectivity index is 2.85. The first-order valence-corrected chi connectivity index (χ1v) is 8.09. The Morgan fingerprint density at radius 2 is 2.11 bits per heavy atom. The highest BCUT2D eigenvalue weighted by molar-refractivity contribution is 7.84. The van der Waals surface area contributed by atoms with Gasteiger partial charge in [0, 0.05) is 46.8 Å². The Kier molecular flexibility index (Phi) is 5.29. The lowest BCUT2D eigenvalue weighted by Gasteiger charge is -2.23. The van der Waals surface area contributed by atoms with Crippen LogP contribution in [-0.2, 0) is 16.3 Å². The van der Waals surface area contributed by atoms with E-state index in [1.54, 1.807) is 23.2 Å². The molecule has 1 aromatic heterocycles. The van der Waals surface area contributed by atoms with Gasteiger partial charge in [-0.1, -0.05) is 0 Å². The van der Waals surface area contributed by atoms with Crippen molar-refractivity contribution in [3.63, 3.8) is 0 Å². The van der Waals surface area contributed by atoms with Crippen molar-refractivity contribution < 1.29 is 4.21 Å². The summed E-state index contributed by atoms with van der Waals surface area (Å²) >= 11 is 0. The molecule has 0 saturated carbocycles. The lowest BCUT2D eigenvalue weighted by Crippen LogP contribution is -2.36. The van der Waals surface area contributed by atoms with E-state index in [1.807, 2.05) is 27.7 Å². The first-order valence-electron chi connectivity index (χ1n) is 6.36. The summed E-state index contributed by atoms with van der Waals surface area (Å²) in [6.45, 7) is 7.88. The molecule has 1 rings (SSSR count). The van der Waals surface area contributed by atoms with Crippen molar-refractivity contribution in [3.05, 3.63) is 22.7 Å². The van der Waals surface area contributed by atoms with Gasteiger partial charge in [0.15, 0.2) is 5.82 Å². The predicted octanol–water partition coefficient (Wildman–Crippen LogP) is 1.57. The Bertz CT molecular complexity index is 505. The summed E-state index contributed by atoms with van der Waals surface area (Å²) in [5.74, 6) is 0.973. The minimum atomic E-state index is -0.812. The third kappa shape index (κ3) is 4.78. The Hall–Kier alpha value is -1.17. The summed E-state index contributed by atoms with van der Waals surface area (Å²) in [4.78, 5) is 16.4. The molecule has 2 unspecified atom stereocenters. The van der Waals surface area contributed by atoms with E-state index in [1.165, 1.54) is 0 Å². The number of hydrogen-bond acceptors (Lipinski definition) is 4. The van der Waals surface area contributed by atoms with Gasteiger partial charge in [-0.25, -0.2) is 4.98 Å². The van der Waals surface area contributed by atoms with Gasteiger partial charge in [0.25, 0.3) is 5.56 Å². The molecule has 0 bridgehead atoms. The number of aromatic nitrogens is 2. The van der Waals surface area contributed by atoms with Crippen LogP contribution < -0.4 is 10.9 Å². The topological polar surface area (TPSA) is 64.0 Å². The highest BCUT2D eigenvalue weighted by Crippen LogP contribution is 2.11. The minimum Gasteiger partial charge on any atom is -0.363 e. The van der Waals surface area contributed by atoms with Gasteiger partial charge in [0.2, 0.25) is 0 Å². The molecule has 0 aromatic carbocycles. The molecule has 0 aliphatic rings. The van der Waals surface area contributed by atoms with Gasteiger partial charge in [-0.3, -0.25) is 9.00 Å². The Labute approximate surface area is 116 Å².